The van der Waals surface area contributed by atoms with Gasteiger partial charge in [0, 0.05) is 18.3 Å². The van der Waals surface area contributed by atoms with E-state index in [0.29, 0.717) is 12.5 Å². The maximum absolute atomic E-state index is 12.0. The van der Waals surface area contributed by atoms with Gasteiger partial charge < -0.3 is 11.1 Å². The zero-order chi connectivity index (χ0) is 14.5. The van der Waals surface area contributed by atoms with Crippen LogP contribution in [-0.2, 0) is 4.79 Å². The van der Waals surface area contributed by atoms with E-state index in [1.165, 1.54) is 5.56 Å². The molecule has 1 heterocycles. The van der Waals surface area contributed by atoms with Crippen LogP contribution in [0.4, 0.5) is 5.69 Å². The molecule has 2 rings (SSSR count). The number of benzene rings is 1. The van der Waals surface area contributed by atoms with E-state index in [0.717, 1.165) is 31.6 Å². The number of nitrogens with one attached hydrogen (secondary N) is 1. The zero-order valence-corrected chi connectivity index (χ0v) is 13.7. The lowest BCUT2D eigenvalue weighted by atomic mass is 10.0. The Hall–Kier alpha value is -1.10. The first kappa shape index (κ1) is 18.0. The highest BCUT2D eigenvalue weighted by atomic mass is 35.5. The molecule has 5 heteroatoms. The second-order valence-electron chi connectivity index (χ2n) is 5.96. The third kappa shape index (κ3) is 5.65. The number of hydrogen-bond acceptors (Lipinski definition) is 3. The predicted octanol–water partition coefficient (Wildman–Crippen LogP) is 2.59. The molecule has 0 aliphatic carbocycles. The molecule has 0 aromatic heterocycles. The maximum Gasteiger partial charge on any atom is 0.238 e. The van der Waals surface area contributed by atoms with Crippen molar-refractivity contribution in [1.82, 2.24) is 4.90 Å². The molecule has 1 fully saturated rings. The fourth-order valence-electron chi connectivity index (χ4n) is 2.59. The minimum atomic E-state index is 0. The van der Waals surface area contributed by atoms with E-state index in [1.807, 2.05) is 12.1 Å². The molecule has 0 unspecified atom stereocenters. The standard InChI is InChI=1S/C16H25N3O.ClH/c1-12(2)13-5-7-15(8-6-13)18-16(20)11-19-9-3-4-14(17)10-19;/h5-8,12,14H,3-4,9-11,17H2,1-2H3,(H,18,20);1H/t14-;/m1./s1. The van der Waals surface area contributed by atoms with Crippen molar-refractivity contribution in [2.24, 2.45) is 5.73 Å². The summed E-state index contributed by atoms with van der Waals surface area (Å²) in [7, 11) is 0. The van der Waals surface area contributed by atoms with Crippen molar-refractivity contribution in [2.45, 2.75) is 38.6 Å². The van der Waals surface area contributed by atoms with Crippen molar-refractivity contribution < 1.29 is 4.79 Å². The summed E-state index contributed by atoms with van der Waals surface area (Å²) in [5, 5.41) is 2.95. The number of carbonyl (C=O) groups is 1. The molecule has 118 valence electrons. The number of rotatable bonds is 4. The number of carbonyl (C=O) groups excluding carboxylic acids is 1. The lowest BCUT2D eigenvalue weighted by molar-refractivity contribution is -0.117. The number of likely N-dealkylation sites (tertiary alicyclic amines) is 1. The number of piperidine rings is 1. The largest absolute Gasteiger partial charge is 0.327 e. The van der Waals surface area contributed by atoms with Gasteiger partial charge in [0.2, 0.25) is 5.91 Å². The summed E-state index contributed by atoms with van der Waals surface area (Å²) >= 11 is 0. The van der Waals surface area contributed by atoms with Crippen LogP contribution in [0.25, 0.3) is 0 Å². The van der Waals surface area contributed by atoms with E-state index in [4.69, 9.17) is 5.73 Å². The molecule has 0 bridgehead atoms. The summed E-state index contributed by atoms with van der Waals surface area (Å²) in [4.78, 5) is 14.1. The fourth-order valence-corrected chi connectivity index (χ4v) is 2.59. The van der Waals surface area contributed by atoms with Gasteiger partial charge >= 0.3 is 0 Å². The van der Waals surface area contributed by atoms with Gasteiger partial charge in [-0.15, -0.1) is 12.4 Å². The minimum absolute atomic E-state index is 0. The van der Waals surface area contributed by atoms with Crippen LogP contribution >= 0.6 is 12.4 Å². The van der Waals surface area contributed by atoms with E-state index >= 15 is 0 Å². The topological polar surface area (TPSA) is 58.4 Å². The molecule has 1 aliphatic heterocycles. The van der Waals surface area contributed by atoms with Gasteiger partial charge in [0.1, 0.15) is 0 Å². The quantitative estimate of drug-likeness (QED) is 0.898. The highest BCUT2D eigenvalue weighted by molar-refractivity contribution is 5.92. The zero-order valence-electron chi connectivity index (χ0n) is 12.8. The van der Waals surface area contributed by atoms with Crippen LogP contribution in [0.1, 0.15) is 38.2 Å². The summed E-state index contributed by atoms with van der Waals surface area (Å²) in [6.07, 6.45) is 2.15. The van der Waals surface area contributed by atoms with Crippen molar-refractivity contribution in [1.29, 1.82) is 0 Å². The van der Waals surface area contributed by atoms with E-state index in [2.05, 4.69) is 36.2 Å². The second kappa shape index (κ2) is 8.37. The molecule has 1 aromatic rings. The van der Waals surface area contributed by atoms with Gasteiger partial charge in [0.05, 0.1) is 6.54 Å². The smallest absolute Gasteiger partial charge is 0.238 e. The number of nitrogens with two attached hydrogens (primary N) is 1. The Bertz CT molecular complexity index is 447. The number of anilines is 1. The summed E-state index contributed by atoms with van der Waals surface area (Å²) in [5.41, 5.74) is 8.07. The van der Waals surface area contributed by atoms with Gasteiger partial charge in [-0.25, -0.2) is 0 Å². The lowest BCUT2D eigenvalue weighted by Crippen LogP contribution is -2.45. The Morgan fingerprint density at radius 3 is 2.62 bits per heavy atom. The molecule has 0 spiro atoms. The van der Waals surface area contributed by atoms with Gasteiger partial charge in [-0.05, 0) is 43.0 Å². The summed E-state index contributed by atoms with van der Waals surface area (Å²) in [6.45, 7) is 6.53. The van der Waals surface area contributed by atoms with Crippen LogP contribution in [0.5, 0.6) is 0 Å². The molecule has 21 heavy (non-hydrogen) atoms. The van der Waals surface area contributed by atoms with E-state index in [-0.39, 0.29) is 24.4 Å². The van der Waals surface area contributed by atoms with E-state index in [1.54, 1.807) is 0 Å². The Labute approximate surface area is 133 Å². The normalized spacial score (nSPS) is 19.1. The third-order valence-corrected chi connectivity index (χ3v) is 3.77. The average Bonchev–Trinajstić information content (AvgIpc) is 2.39. The number of amides is 1. The molecule has 1 amide bonds. The molecule has 3 N–H and O–H groups in total. The van der Waals surface area contributed by atoms with Crippen LogP contribution in [0.2, 0.25) is 0 Å². The van der Waals surface area contributed by atoms with Crippen molar-refractivity contribution in [2.75, 3.05) is 25.0 Å². The number of hydrogen-bond donors (Lipinski definition) is 2. The molecule has 1 aliphatic rings. The van der Waals surface area contributed by atoms with Crippen LogP contribution in [0, 0.1) is 0 Å². The molecule has 0 radical (unpaired) electrons. The average molecular weight is 312 g/mol. The predicted molar refractivity (Wildman–Crippen MR) is 90.1 cm³/mol. The lowest BCUT2D eigenvalue weighted by Gasteiger charge is -2.29. The van der Waals surface area contributed by atoms with E-state index < -0.39 is 0 Å². The number of halogens is 1. The second-order valence-corrected chi connectivity index (χ2v) is 5.96. The first-order valence-electron chi connectivity index (χ1n) is 7.42. The highest BCUT2D eigenvalue weighted by Crippen LogP contribution is 2.17. The Morgan fingerprint density at radius 1 is 1.38 bits per heavy atom. The van der Waals surface area contributed by atoms with Crippen molar-refractivity contribution in [3.05, 3.63) is 29.8 Å². The summed E-state index contributed by atoms with van der Waals surface area (Å²) < 4.78 is 0. The first-order chi connectivity index (χ1) is 9.54. The highest BCUT2D eigenvalue weighted by Gasteiger charge is 2.18. The molecular weight excluding hydrogens is 286 g/mol. The molecule has 1 saturated heterocycles. The molecule has 0 saturated carbocycles. The van der Waals surface area contributed by atoms with Crippen molar-refractivity contribution >= 4 is 24.0 Å². The van der Waals surface area contributed by atoms with Crippen LogP contribution in [0.3, 0.4) is 0 Å². The van der Waals surface area contributed by atoms with Gasteiger partial charge in [-0.3, -0.25) is 9.69 Å². The van der Waals surface area contributed by atoms with E-state index in [9.17, 15) is 4.79 Å². The van der Waals surface area contributed by atoms with Gasteiger partial charge in [-0.1, -0.05) is 26.0 Å². The number of nitrogens with zero attached hydrogens (tertiary/aromatic N) is 1. The monoisotopic (exact) mass is 311 g/mol. The Morgan fingerprint density at radius 2 is 2.05 bits per heavy atom. The molecule has 1 aromatic carbocycles. The summed E-state index contributed by atoms with van der Waals surface area (Å²) in [6, 6.07) is 8.28. The minimum Gasteiger partial charge on any atom is -0.327 e. The molecular formula is C16H26ClN3O. The Kier molecular flexibility index (Phi) is 7.15. The van der Waals surface area contributed by atoms with Crippen LogP contribution in [-0.4, -0.2) is 36.5 Å². The summed E-state index contributed by atoms with van der Waals surface area (Å²) in [5.74, 6) is 0.547. The third-order valence-electron chi connectivity index (χ3n) is 3.77. The first-order valence-corrected chi connectivity index (χ1v) is 7.42. The van der Waals surface area contributed by atoms with Crippen molar-refractivity contribution in [3.63, 3.8) is 0 Å². The molecule has 1 atom stereocenters. The van der Waals surface area contributed by atoms with Gasteiger partial charge in [0.25, 0.3) is 0 Å². The van der Waals surface area contributed by atoms with Crippen LogP contribution < -0.4 is 11.1 Å². The Balaban J connectivity index is 0.00000220. The van der Waals surface area contributed by atoms with Crippen LogP contribution in [0.15, 0.2) is 24.3 Å². The fraction of sp³-hybridized carbons (Fsp3) is 0.562. The van der Waals surface area contributed by atoms with Gasteiger partial charge in [0.15, 0.2) is 0 Å². The maximum atomic E-state index is 12.0. The molecule has 4 nitrogen and oxygen atoms in total. The van der Waals surface area contributed by atoms with Gasteiger partial charge in [-0.2, -0.15) is 0 Å². The SMILES string of the molecule is CC(C)c1ccc(NC(=O)CN2CCC[C@@H](N)C2)cc1.Cl. The van der Waals surface area contributed by atoms with Crippen molar-refractivity contribution in [3.8, 4) is 0 Å².